The lowest BCUT2D eigenvalue weighted by atomic mass is 9.70. The maximum atomic E-state index is 2.42. The van der Waals surface area contributed by atoms with Crippen molar-refractivity contribution in [3.8, 4) is 44.6 Å². The Morgan fingerprint density at radius 3 is 1.55 bits per heavy atom. The standard InChI is InChI=1S/C48H31N/c1-49-42-29-14-11-24-37(42)46-47(49)36-23-10-13-27-40(36)48(46)39-26-12-9-22-35(39)45-38(25-15-28-41(45)48)44-33-20-7-5-18-31(33)43(30-16-3-2-4-17-30)32-19-6-8-21-34(32)44/h2-29H,1H3. The summed E-state index contributed by atoms with van der Waals surface area (Å²) in [5.74, 6) is 0. The van der Waals surface area contributed by atoms with E-state index >= 15 is 0 Å². The molecule has 0 amide bonds. The molecule has 0 fully saturated rings. The van der Waals surface area contributed by atoms with Crippen LogP contribution in [0, 0.1) is 0 Å². The fraction of sp³-hybridized carbons (Fsp3) is 0.0417. The van der Waals surface area contributed by atoms with Crippen LogP contribution in [0.3, 0.4) is 0 Å². The van der Waals surface area contributed by atoms with Crippen LogP contribution >= 0.6 is 0 Å². The van der Waals surface area contributed by atoms with E-state index in [2.05, 4.69) is 181 Å². The van der Waals surface area contributed by atoms with E-state index < -0.39 is 5.41 Å². The maximum Gasteiger partial charge on any atom is 0.0747 e. The zero-order valence-electron chi connectivity index (χ0n) is 27.1. The number of benzene rings is 8. The average Bonchev–Trinajstić information content (AvgIpc) is 3.76. The van der Waals surface area contributed by atoms with Gasteiger partial charge in [-0.3, -0.25) is 0 Å². The highest BCUT2D eigenvalue weighted by atomic mass is 15.0. The van der Waals surface area contributed by atoms with Crippen molar-refractivity contribution in [3.05, 3.63) is 192 Å². The molecule has 1 spiro atoms. The van der Waals surface area contributed by atoms with E-state index in [1.165, 1.54) is 99.3 Å². The van der Waals surface area contributed by atoms with Gasteiger partial charge in [0.2, 0.25) is 0 Å². The maximum absolute atomic E-state index is 2.42. The molecule has 49 heavy (non-hydrogen) atoms. The zero-order chi connectivity index (χ0) is 32.3. The Morgan fingerprint density at radius 1 is 0.367 bits per heavy atom. The van der Waals surface area contributed by atoms with E-state index in [-0.39, 0.29) is 0 Å². The molecule has 1 unspecified atom stereocenters. The monoisotopic (exact) mass is 621 g/mol. The summed E-state index contributed by atoms with van der Waals surface area (Å²) in [7, 11) is 2.24. The Kier molecular flexibility index (Phi) is 5.31. The summed E-state index contributed by atoms with van der Waals surface area (Å²) < 4.78 is 2.42. The number of hydrogen-bond acceptors (Lipinski definition) is 0. The summed E-state index contributed by atoms with van der Waals surface area (Å²) in [4.78, 5) is 0. The zero-order valence-corrected chi connectivity index (χ0v) is 27.1. The predicted molar refractivity (Wildman–Crippen MR) is 205 cm³/mol. The Hall–Kier alpha value is -6.18. The van der Waals surface area contributed by atoms with E-state index in [1.54, 1.807) is 0 Å². The quantitative estimate of drug-likeness (QED) is 0.169. The first-order valence-electron chi connectivity index (χ1n) is 17.2. The molecule has 2 aliphatic rings. The lowest BCUT2D eigenvalue weighted by Crippen LogP contribution is -2.25. The topological polar surface area (TPSA) is 4.93 Å². The summed E-state index contributed by atoms with van der Waals surface area (Å²) in [6, 6.07) is 63.3. The molecule has 0 bridgehead atoms. The van der Waals surface area contributed by atoms with Gasteiger partial charge in [-0.25, -0.2) is 0 Å². The van der Waals surface area contributed by atoms with Crippen molar-refractivity contribution in [3.63, 3.8) is 0 Å². The Labute approximate surface area is 285 Å². The van der Waals surface area contributed by atoms with Crippen LogP contribution in [-0.2, 0) is 12.5 Å². The van der Waals surface area contributed by atoms with Crippen molar-refractivity contribution in [2.75, 3.05) is 0 Å². The summed E-state index contributed by atoms with van der Waals surface area (Å²) in [6.07, 6.45) is 0. The van der Waals surface area contributed by atoms with Crippen LogP contribution < -0.4 is 0 Å². The first kappa shape index (κ1) is 26.8. The van der Waals surface area contributed by atoms with E-state index in [4.69, 9.17) is 0 Å². The fourth-order valence-corrected chi connectivity index (χ4v) is 9.67. The van der Waals surface area contributed by atoms with E-state index in [1.807, 2.05) is 0 Å². The summed E-state index contributed by atoms with van der Waals surface area (Å²) in [6.45, 7) is 0. The molecule has 0 radical (unpaired) electrons. The SMILES string of the molecule is Cn1c2c(c3ccccc31)C1(c3ccccc3-c3c(-c4c5ccccc5c(-c5ccccc5)c5ccccc45)cccc31)c1ccccc1-2. The van der Waals surface area contributed by atoms with Crippen LogP contribution in [0.5, 0.6) is 0 Å². The molecule has 1 heterocycles. The normalized spacial score (nSPS) is 15.5. The van der Waals surface area contributed by atoms with E-state index in [9.17, 15) is 0 Å². The molecule has 0 saturated carbocycles. The Morgan fingerprint density at radius 2 is 0.857 bits per heavy atom. The molecule has 1 heteroatoms. The third kappa shape index (κ3) is 3.25. The predicted octanol–water partition coefficient (Wildman–Crippen LogP) is 12.2. The number of aryl methyl sites for hydroxylation is 1. The third-order valence-electron chi connectivity index (χ3n) is 11.4. The second kappa shape index (κ2) is 9.69. The van der Waals surface area contributed by atoms with Crippen molar-refractivity contribution in [1.29, 1.82) is 0 Å². The molecule has 0 aliphatic heterocycles. The highest BCUT2D eigenvalue weighted by Crippen LogP contribution is 2.66. The second-order valence-electron chi connectivity index (χ2n) is 13.6. The van der Waals surface area contributed by atoms with Gasteiger partial charge in [-0.1, -0.05) is 164 Å². The van der Waals surface area contributed by atoms with Gasteiger partial charge in [0.1, 0.15) is 0 Å². The van der Waals surface area contributed by atoms with Crippen LogP contribution in [0.15, 0.2) is 170 Å². The van der Waals surface area contributed by atoms with Crippen molar-refractivity contribution >= 4 is 32.4 Å². The summed E-state index contributed by atoms with van der Waals surface area (Å²) >= 11 is 0. The summed E-state index contributed by atoms with van der Waals surface area (Å²) in [5.41, 5.74) is 16.8. The molecular weight excluding hydrogens is 591 g/mol. The molecule has 2 aliphatic carbocycles. The smallest absolute Gasteiger partial charge is 0.0747 e. The number of nitrogens with zero attached hydrogens (tertiary/aromatic N) is 1. The van der Waals surface area contributed by atoms with Gasteiger partial charge in [-0.15, -0.1) is 0 Å². The molecule has 0 N–H and O–H groups in total. The highest BCUT2D eigenvalue weighted by molar-refractivity contribution is 6.23. The minimum absolute atomic E-state index is 0.426. The van der Waals surface area contributed by atoms with Crippen LogP contribution in [-0.4, -0.2) is 4.57 Å². The van der Waals surface area contributed by atoms with E-state index in [0.29, 0.717) is 0 Å². The van der Waals surface area contributed by atoms with Crippen molar-refractivity contribution in [1.82, 2.24) is 4.57 Å². The molecule has 228 valence electrons. The molecule has 1 nitrogen and oxygen atoms in total. The minimum Gasteiger partial charge on any atom is -0.343 e. The first-order valence-corrected chi connectivity index (χ1v) is 17.2. The van der Waals surface area contributed by atoms with Gasteiger partial charge in [0.05, 0.1) is 11.1 Å². The second-order valence-corrected chi connectivity index (χ2v) is 13.6. The van der Waals surface area contributed by atoms with Gasteiger partial charge in [-0.05, 0) is 77.7 Å². The average molecular weight is 622 g/mol. The van der Waals surface area contributed by atoms with Crippen LogP contribution in [0.2, 0.25) is 0 Å². The number of rotatable bonds is 2. The molecule has 11 rings (SSSR count). The lowest BCUT2D eigenvalue weighted by Gasteiger charge is -2.30. The molecular formula is C48H31N. The van der Waals surface area contributed by atoms with Gasteiger partial charge in [0.15, 0.2) is 0 Å². The number of aromatic nitrogens is 1. The lowest BCUT2D eigenvalue weighted by molar-refractivity contribution is 0.800. The number of para-hydroxylation sites is 1. The van der Waals surface area contributed by atoms with Gasteiger partial charge in [0.25, 0.3) is 0 Å². The summed E-state index contributed by atoms with van der Waals surface area (Å²) in [5, 5.41) is 6.45. The molecule has 0 saturated heterocycles. The number of fused-ring (bicyclic) bond motifs is 14. The van der Waals surface area contributed by atoms with Crippen molar-refractivity contribution in [2.45, 2.75) is 5.41 Å². The molecule has 8 aromatic carbocycles. The number of hydrogen-bond donors (Lipinski definition) is 0. The fourth-order valence-electron chi connectivity index (χ4n) is 9.67. The Bertz CT molecular complexity index is 2780. The van der Waals surface area contributed by atoms with E-state index in [0.717, 1.165) is 0 Å². The highest BCUT2D eigenvalue weighted by Gasteiger charge is 2.54. The Balaban J connectivity index is 1.32. The largest absolute Gasteiger partial charge is 0.343 e. The van der Waals surface area contributed by atoms with Gasteiger partial charge >= 0.3 is 0 Å². The van der Waals surface area contributed by atoms with Crippen LogP contribution in [0.1, 0.15) is 22.3 Å². The van der Waals surface area contributed by atoms with Crippen LogP contribution in [0.25, 0.3) is 77.1 Å². The molecule has 1 atom stereocenters. The van der Waals surface area contributed by atoms with Crippen molar-refractivity contribution < 1.29 is 0 Å². The van der Waals surface area contributed by atoms with Gasteiger partial charge < -0.3 is 4.57 Å². The third-order valence-corrected chi connectivity index (χ3v) is 11.4. The van der Waals surface area contributed by atoms with Gasteiger partial charge in [-0.2, -0.15) is 0 Å². The van der Waals surface area contributed by atoms with Crippen molar-refractivity contribution in [2.24, 2.45) is 7.05 Å². The van der Waals surface area contributed by atoms with Gasteiger partial charge in [0, 0.05) is 29.1 Å². The molecule has 1 aromatic heterocycles. The minimum atomic E-state index is -0.426. The molecule has 9 aromatic rings. The first-order chi connectivity index (χ1) is 24.3. The van der Waals surface area contributed by atoms with Crippen LogP contribution in [0.4, 0.5) is 0 Å².